The molecule has 27 heavy (non-hydrogen) atoms. The van der Waals surface area contributed by atoms with Crippen molar-refractivity contribution in [3.63, 3.8) is 0 Å². The van der Waals surface area contributed by atoms with Gasteiger partial charge >= 0.3 is 5.97 Å². The van der Waals surface area contributed by atoms with Crippen LogP contribution >= 0.6 is 0 Å². The lowest BCUT2D eigenvalue weighted by Gasteiger charge is -2.20. The molecule has 4 rings (SSSR count). The topological polar surface area (TPSA) is 52.6 Å². The van der Waals surface area contributed by atoms with Crippen LogP contribution in [0.4, 0.5) is 22.7 Å². The van der Waals surface area contributed by atoms with E-state index in [9.17, 15) is 9.90 Å². The molecule has 1 heterocycles. The lowest BCUT2D eigenvalue weighted by atomic mass is 10.0. The van der Waals surface area contributed by atoms with Crippen molar-refractivity contribution in [2.75, 3.05) is 16.8 Å². The molecule has 1 aliphatic rings. The van der Waals surface area contributed by atoms with Gasteiger partial charge in [-0.3, -0.25) is 0 Å². The number of rotatable bonds is 4. The first kappa shape index (κ1) is 17.2. The highest BCUT2D eigenvalue weighted by Crippen LogP contribution is 2.45. The second kappa shape index (κ2) is 6.80. The molecule has 0 amide bonds. The van der Waals surface area contributed by atoms with Crippen molar-refractivity contribution in [1.29, 1.82) is 0 Å². The molecule has 4 heteroatoms. The van der Waals surface area contributed by atoms with E-state index in [1.54, 1.807) is 6.07 Å². The molecule has 0 aliphatic carbocycles. The van der Waals surface area contributed by atoms with Gasteiger partial charge in [0.2, 0.25) is 0 Å². The van der Waals surface area contributed by atoms with Crippen LogP contribution in [0.25, 0.3) is 0 Å². The predicted octanol–water partition coefficient (Wildman–Crippen LogP) is 5.69. The monoisotopic (exact) mass is 358 g/mol. The number of hydrogen-bond donors (Lipinski definition) is 2. The minimum absolute atomic E-state index is 0.290. The molecule has 3 aromatic carbocycles. The quantitative estimate of drug-likeness (QED) is 0.629. The zero-order valence-electron chi connectivity index (χ0n) is 15.4. The Morgan fingerprint density at radius 3 is 2.56 bits per heavy atom. The smallest absolute Gasteiger partial charge is 0.337 e. The molecule has 0 aromatic heterocycles. The maximum atomic E-state index is 11.7. The van der Waals surface area contributed by atoms with Gasteiger partial charge in [-0.1, -0.05) is 42.8 Å². The van der Waals surface area contributed by atoms with E-state index in [4.69, 9.17) is 0 Å². The van der Waals surface area contributed by atoms with E-state index < -0.39 is 5.97 Å². The summed E-state index contributed by atoms with van der Waals surface area (Å²) in [6.45, 7) is 5.01. The van der Waals surface area contributed by atoms with Crippen LogP contribution in [0, 0.1) is 6.92 Å². The highest BCUT2D eigenvalue weighted by molar-refractivity contribution is 5.96. The van der Waals surface area contributed by atoms with E-state index in [0.29, 0.717) is 11.6 Å². The Morgan fingerprint density at radius 1 is 1.04 bits per heavy atom. The van der Waals surface area contributed by atoms with Crippen molar-refractivity contribution in [2.24, 2.45) is 0 Å². The third kappa shape index (κ3) is 3.14. The largest absolute Gasteiger partial charge is 0.478 e. The van der Waals surface area contributed by atoms with E-state index in [1.807, 2.05) is 49.4 Å². The molecule has 0 fully saturated rings. The van der Waals surface area contributed by atoms with Gasteiger partial charge in [0.25, 0.3) is 0 Å². The number of carboxylic acids is 1. The molecule has 3 aromatic rings. The Kier molecular flexibility index (Phi) is 4.32. The highest BCUT2D eigenvalue weighted by atomic mass is 16.4. The van der Waals surface area contributed by atoms with Crippen LogP contribution in [0.5, 0.6) is 0 Å². The van der Waals surface area contributed by atoms with Gasteiger partial charge in [-0.05, 0) is 43.3 Å². The van der Waals surface area contributed by atoms with E-state index >= 15 is 0 Å². The molecule has 1 unspecified atom stereocenters. The minimum Gasteiger partial charge on any atom is -0.478 e. The molecule has 0 radical (unpaired) electrons. The molecule has 0 saturated heterocycles. The molecule has 1 atom stereocenters. The number of hydrogen-bond acceptors (Lipinski definition) is 3. The number of carboxylic acid groups (broad SMARTS) is 1. The van der Waals surface area contributed by atoms with Crippen LogP contribution in [0.15, 0.2) is 66.7 Å². The van der Waals surface area contributed by atoms with Crippen molar-refractivity contribution in [1.82, 2.24) is 0 Å². The number of anilines is 4. The minimum atomic E-state index is -0.923. The van der Waals surface area contributed by atoms with Crippen LogP contribution in [0.3, 0.4) is 0 Å². The normalized spacial score (nSPS) is 15.5. The van der Waals surface area contributed by atoms with Crippen molar-refractivity contribution < 1.29 is 9.90 Å². The molecular weight excluding hydrogens is 336 g/mol. The summed E-state index contributed by atoms with van der Waals surface area (Å²) in [5, 5.41) is 12.9. The molecule has 136 valence electrons. The molecule has 0 spiro atoms. The molecule has 2 N–H and O–H groups in total. The average Bonchev–Trinajstić information content (AvgIpc) is 3.01. The Bertz CT molecular complexity index is 999. The number of aromatic carboxylic acids is 1. The van der Waals surface area contributed by atoms with Gasteiger partial charge in [0, 0.05) is 35.1 Å². The summed E-state index contributed by atoms with van der Waals surface area (Å²) in [6, 6.07) is 22.0. The summed E-state index contributed by atoms with van der Waals surface area (Å²) in [6.07, 6.45) is 0. The number of nitrogens with one attached hydrogen (secondary N) is 1. The second-order valence-electron chi connectivity index (χ2n) is 7.06. The van der Waals surface area contributed by atoms with Gasteiger partial charge in [0.05, 0.1) is 11.3 Å². The van der Waals surface area contributed by atoms with Crippen LogP contribution in [0.2, 0.25) is 0 Å². The van der Waals surface area contributed by atoms with E-state index in [1.165, 1.54) is 16.9 Å². The number of aryl methyl sites for hydroxylation is 1. The zero-order valence-corrected chi connectivity index (χ0v) is 15.4. The molecular formula is C23H22N2O2. The van der Waals surface area contributed by atoms with Gasteiger partial charge in [0.1, 0.15) is 0 Å². The number of carbonyl (C=O) groups is 1. The van der Waals surface area contributed by atoms with Gasteiger partial charge in [-0.2, -0.15) is 0 Å². The third-order valence-electron chi connectivity index (χ3n) is 5.07. The molecule has 0 bridgehead atoms. The van der Waals surface area contributed by atoms with Crippen molar-refractivity contribution >= 4 is 28.7 Å². The van der Waals surface area contributed by atoms with Crippen molar-refractivity contribution in [3.05, 3.63) is 83.4 Å². The van der Waals surface area contributed by atoms with E-state index in [2.05, 4.69) is 35.3 Å². The Hall–Kier alpha value is -3.27. The fourth-order valence-electron chi connectivity index (χ4n) is 3.82. The summed E-state index contributed by atoms with van der Waals surface area (Å²) in [5.41, 5.74) is 6.36. The Balaban J connectivity index is 1.75. The third-order valence-corrected chi connectivity index (χ3v) is 5.07. The van der Waals surface area contributed by atoms with Gasteiger partial charge < -0.3 is 15.3 Å². The van der Waals surface area contributed by atoms with Crippen molar-refractivity contribution in [2.45, 2.75) is 19.8 Å². The number of para-hydroxylation sites is 1. The maximum absolute atomic E-state index is 11.7. The van der Waals surface area contributed by atoms with Crippen LogP contribution in [-0.2, 0) is 0 Å². The molecule has 4 nitrogen and oxygen atoms in total. The summed E-state index contributed by atoms with van der Waals surface area (Å²) in [7, 11) is 0. The van der Waals surface area contributed by atoms with Gasteiger partial charge in [0.15, 0.2) is 0 Å². The summed E-state index contributed by atoms with van der Waals surface area (Å²) < 4.78 is 0. The number of benzene rings is 3. The SMILES string of the molecule is Cc1ccc(Nc2cccc3c2C(C)CN3c2ccccc2)c(C(=O)O)c1. The maximum Gasteiger partial charge on any atom is 0.337 e. The molecule has 0 saturated carbocycles. The summed E-state index contributed by atoms with van der Waals surface area (Å²) >= 11 is 0. The summed E-state index contributed by atoms with van der Waals surface area (Å²) in [5.74, 6) is -0.588. The van der Waals surface area contributed by atoms with Crippen molar-refractivity contribution in [3.8, 4) is 0 Å². The predicted molar refractivity (Wildman–Crippen MR) is 110 cm³/mol. The van der Waals surface area contributed by atoms with Gasteiger partial charge in [-0.25, -0.2) is 4.79 Å². The Morgan fingerprint density at radius 2 is 1.81 bits per heavy atom. The van der Waals surface area contributed by atoms with Crippen LogP contribution < -0.4 is 10.2 Å². The van der Waals surface area contributed by atoms with Gasteiger partial charge in [-0.15, -0.1) is 0 Å². The van der Waals surface area contributed by atoms with Crippen LogP contribution in [0.1, 0.15) is 34.3 Å². The fourth-order valence-corrected chi connectivity index (χ4v) is 3.82. The average molecular weight is 358 g/mol. The fraction of sp³-hybridized carbons (Fsp3) is 0.174. The highest BCUT2D eigenvalue weighted by Gasteiger charge is 2.29. The molecule has 1 aliphatic heterocycles. The lowest BCUT2D eigenvalue weighted by Crippen LogP contribution is -2.14. The Labute approximate surface area is 159 Å². The first-order valence-corrected chi connectivity index (χ1v) is 9.11. The zero-order chi connectivity index (χ0) is 19.0. The van der Waals surface area contributed by atoms with E-state index in [-0.39, 0.29) is 5.56 Å². The second-order valence-corrected chi connectivity index (χ2v) is 7.06. The first-order valence-electron chi connectivity index (χ1n) is 9.11. The number of fused-ring (bicyclic) bond motifs is 1. The lowest BCUT2D eigenvalue weighted by molar-refractivity contribution is 0.0698. The first-order chi connectivity index (χ1) is 13.0. The van der Waals surface area contributed by atoms with E-state index in [0.717, 1.165) is 17.8 Å². The van der Waals surface area contributed by atoms with Crippen LogP contribution in [-0.4, -0.2) is 17.6 Å². The number of nitrogens with zero attached hydrogens (tertiary/aromatic N) is 1. The standard InChI is InChI=1S/C23H22N2O2/c1-15-11-12-19(18(13-15)23(26)27)24-20-9-6-10-21-22(20)16(2)14-25(21)17-7-4-3-5-8-17/h3-13,16,24H,14H2,1-2H3,(H,26,27). The summed E-state index contributed by atoms with van der Waals surface area (Å²) in [4.78, 5) is 14.0.